The molecule has 0 radical (unpaired) electrons. The van der Waals surface area contributed by atoms with Gasteiger partial charge >= 0.3 is 5.97 Å². The average Bonchev–Trinajstić information content (AvgIpc) is 3.43. The molecule has 0 saturated carbocycles. The number of ether oxygens (including phenoxy) is 4. The summed E-state index contributed by atoms with van der Waals surface area (Å²) in [4.78, 5) is 25.2. The number of H-pyrrole nitrogens is 2. The Kier molecular flexibility index (Phi) is 5.59. The number of hydrogen-bond acceptors (Lipinski definition) is 6. The minimum absolute atomic E-state index is 0.0250. The van der Waals surface area contributed by atoms with E-state index in [0.717, 1.165) is 41.0 Å². The van der Waals surface area contributed by atoms with E-state index in [1.54, 1.807) is 6.07 Å². The Hall–Kier alpha value is -3.68. The summed E-state index contributed by atoms with van der Waals surface area (Å²) in [6.45, 7) is 4.34. The minimum atomic E-state index is -0.506. The Bertz CT molecular complexity index is 1290. The van der Waals surface area contributed by atoms with Crippen molar-refractivity contribution in [1.29, 1.82) is 0 Å². The largest absolute Gasteiger partial charge is 0.488 e. The predicted octanol–water partition coefficient (Wildman–Crippen LogP) is 3.82. The first-order valence-corrected chi connectivity index (χ1v) is 11.4. The van der Waals surface area contributed by atoms with Crippen LogP contribution >= 0.6 is 0 Å². The molecule has 3 heterocycles. The summed E-state index contributed by atoms with van der Waals surface area (Å²) in [5.41, 5.74) is 3.82. The molecule has 3 aromatic rings. The monoisotopic (exact) mass is 464 g/mol. The average molecular weight is 465 g/mol. The van der Waals surface area contributed by atoms with Gasteiger partial charge < -0.3 is 24.0 Å². The van der Waals surface area contributed by atoms with E-state index in [1.807, 2.05) is 24.3 Å². The maximum Gasteiger partial charge on any atom is 0.306 e. The van der Waals surface area contributed by atoms with Crippen LogP contribution in [0, 0.1) is 0 Å². The molecule has 8 nitrogen and oxygen atoms in total. The number of methoxy groups -OCH3 is 1. The standard InChI is InChI=1S/C26H28N2O6/c1-26(2)9-8-17-10-15(4-6-20(17)34-26)11-19-24(25(30)28-27-19)18(13-23(29)31-3)16-5-7-21-22(12-16)33-14-32-21/h4-7,10,12,18H,8-9,11,13-14H2,1-3H3,(H2,27,28,30). The summed E-state index contributed by atoms with van der Waals surface area (Å²) in [6, 6.07) is 11.6. The lowest BCUT2D eigenvalue weighted by Crippen LogP contribution is -2.32. The summed E-state index contributed by atoms with van der Waals surface area (Å²) >= 11 is 0. The van der Waals surface area contributed by atoms with Crippen molar-refractivity contribution in [2.45, 2.75) is 51.0 Å². The summed E-state index contributed by atoms with van der Waals surface area (Å²) in [6.07, 6.45) is 2.42. The normalized spacial score (nSPS) is 16.4. The van der Waals surface area contributed by atoms with E-state index in [2.05, 4.69) is 30.1 Å². The smallest absolute Gasteiger partial charge is 0.306 e. The van der Waals surface area contributed by atoms with Gasteiger partial charge in [-0.25, -0.2) is 0 Å². The lowest BCUT2D eigenvalue weighted by molar-refractivity contribution is -0.140. The van der Waals surface area contributed by atoms with Gasteiger partial charge in [-0.15, -0.1) is 0 Å². The molecule has 2 aromatic carbocycles. The molecule has 1 atom stereocenters. The van der Waals surface area contributed by atoms with Crippen LogP contribution in [0.15, 0.2) is 41.2 Å². The molecule has 1 aromatic heterocycles. The first-order valence-electron chi connectivity index (χ1n) is 11.4. The van der Waals surface area contributed by atoms with Crippen molar-refractivity contribution < 1.29 is 23.7 Å². The highest BCUT2D eigenvalue weighted by Crippen LogP contribution is 2.38. The molecule has 0 bridgehead atoms. The fourth-order valence-electron chi connectivity index (χ4n) is 4.70. The number of rotatable bonds is 6. The Morgan fingerprint density at radius 3 is 2.71 bits per heavy atom. The molecule has 2 N–H and O–H groups in total. The zero-order valence-electron chi connectivity index (χ0n) is 19.5. The second kappa shape index (κ2) is 8.59. The van der Waals surface area contributed by atoms with Crippen LogP contribution in [0.5, 0.6) is 17.2 Å². The second-order valence-corrected chi connectivity index (χ2v) is 9.40. The van der Waals surface area contributed by atoms with E-state index in [1.165, 1.54) is 7.11 Å². The molecule has 0 aliphatic carbocycles. The molecule has 0 spiro atoms. The van der Waals surface area contributed by atoms with Crippen LogP contribution < -0.4 is 19.8 Å². The van der Waals surface area contributed by atoms with Crippen LogP contribution in [-0.4, -0.2) is 35.7 Å². The highest BCUT2D eigenvalue weighted by atomic mass is 16.7. The quantitative estimate of drug-likeness (QED) is 0.538. The highest BCUT2D eigenvalue weighted by Gasteiger charge is 2.29. The number of nitrogens with one attached hydrogen (secondary N) is 2. The molecule has 1 unspecified atom stereocenters. The Morgan fingerprint density at radius 1 is 1.09 bits per heavy atom. The fourth-order valence-corrected chi connectivity index (χ4v) is 4.70. The number of carbonyl (C=O) groups excluding carboxylic acids is 1. The van der Waals surface area contributed by atoms with E-state index >= 15 is 0 Å². The van der Waals surface area contributed by atoms with Gasteiger partial charge in [0.05, 0.1) is 13.5 Å². The van der Waals surface area contributed by atoms with E-state index < -0.39 is 11.9 Å². The Labute approximate surface area is 197 Å². The van der Waals surface area contributed by atoms with Gasteiger partial charge in [0.15, 0.2) is 11.5 Å². The van der Waals surface area contributed by atoms with E-state index in [9.17, 15) is 9.59 Å². The van der Waals surface area contributed by atoms with Gasteiger partial charge in [0.25, 0.3) is 5.56 Å². The number of esters is 1. The van der Waals surface area contributed by atoms with Crippen molar-refractivity contribution >= 4 is 5.97 Å². The molecule has 8 heteroatoms. The SMILES string of the molecule is COC(=O)CC(c1ccc2c(c1)OCO2)c1c(Cc2ccc3c(c2)CCC(C)(C)O3)[nH][nH]c1=O. The molecule has 0 amide bonds. The number of fused-ring (bicyclic) bond motifs is 2. The molecule has 5 rings (SSSR count). The van der Waals surface area contributed by atoms with E-state index in [4.69, 9.17) is 18.9 Å². The van der Waals surface area contributed by atoms with Crippen LogP contribution in [0.1, 0.15) is 60.6 Å². The van der Waals surface area contributed by atoms with Gasteiger partial charge in [0, 0.05) is 23.6 Å². The minimum Gasteiger partial charge on any atom is -0.488 e. The molecule has 0 saturated heterocycles. The lowest BCUT2D eigenvalue weighted by atomic mass is 9.86. The maximum absolute atomic E-state index is 12.9. The number of benzene rings is 2. The molecule has 34 heavy (non-hydrogen) atoms. The third-order valence-electron chi connectivity index (χ3n) is 6.53. The molecule has 2 aliphatic rings. The van der Waals surface area contributed by atoms with Crippen molar-refractivity contribution in [3.63, 3.8) is 0 Å². The molecule has 2 aliphatic heterocycles. The summed E-state index contributed by atoms with van der Waals surface area (Å²) in [7, 11) is 1.35. The molecular formula is C26H28N2O6. The fraction of sp³-hybridized carbons (Fsp3) is 0.385. The zero-order chi connectivity index (χ0) is 23.9. The molecule has 0 fully saturated rings. The zero-order valence-corrected chi connectivity index (χ0v) is 19.5. The second-order valence-electron chi connectivity index (χ2n) is 9.40. The number of aromatic amines is 2. The molecular weight excluding hydrogens is 436 g/mol. The van der Waals surface area contributed by atoms with E-state index in [0.29, 0.717) is 23.5 Å². The predicted molar refractivity (Wildman–Crippen MR) is 125 cm³/mol. The number of carbonyl (C=O) groups is 1. The third-order valence-corrected chi connectivity index (χ3v) is 6.53. The van der Waals surface area contributed by atoms with Crippen LogP contribution in [0.25, 0.3) is 0 Å². The number of aryl methyl sites for hydroxylation is 1. The lowest BCUT2D eigenvalue weighted by Gasteiger charge is -2.32. The van der Waals surface area contributed by atoms with Crippen molar-refractivity contribution in [3.8, 4) is 17.2 Å². The summed E-state index contributed by atoms with van der Waals surface area (Å²) in [5, 5.41) is 5.74. The van der Waals surface area contributed by atoms with Crippen molar-refractivity contribution in [2.24, 2.45) is 0 Å². The number of aromatic nitrogens is 2. The topological polar surface area (TPSA) is 103 Å². The molecule has 178 valence electrons. The van der Waals surface area contributed by atoms with Gasteiger partial charge in [-0.05, 0) is 61.6 Å². The van der Waals surface area contributed by atoms with Crippen molar-refractivity contribution in [3.05, 3.63) is 74.7 Å². The van der Waals surface area contributed by atoms with Crippen LogP contribution in [0.4, 0.5) is 0 Å². The van der Waals surface area contributed by atoms with Crippen LogP contribution in [-0.2, 0) is 22.4 Å². The first kappa shape index (κ1) is 22.1. The van der Waals surface area contributed by atoms with Crippen LogP contribution in [0.3, 0.4) is 0 Å². The van der Waals surface area contributed by atoms with Gasteiger partial charge in [0.2, 0.25) is 6.79 Å². The van der Waals surface area contributed by atoms with Gasteiger partial charge in [0.1, 0.15) is 11.4 Å². The van der Waals surface area contributed by atoms with Crippen molar-refractivity contribution in [1.82, 2.24) is 10.2 Å². The Balaban J connectivity index is 1.49. The summed E-state index contributed by atoms with van der Waals surface area (Å²) < 4.78 is 22.0. The van der Waals surface area contributed by atoms with Gasteiger partial charge in [-0.2, -0.15) is 0 Å². The van der Waals surface area contributed by atoms with Gasteiger partial charge in [-0.1, -0.05) is 18.2 Å². The maximum atomic E-state index is 12.9. The van der Waals surface area contributed by atoms with E-state index in [-0.39, 0.29) is 24.4 Å². The van der Waals surface area contributed by atoms with Crippen LogP contribution in [0.2, 0.25) is 0 Å². The highest BCUT2D eigenvalue weighted by molar-refractivity contribution is 5.71. The van der Waals surface area contributed by atoms with Crippen molar-refractivity contribution in [2.75, 3.05) is 13.9 Å². The van der Waals surface area contributed by atoms with Gasteiger partial charge in [-0.3, -0.25) is 14.7 Å². The number of hydrogen-bond donors (Lipinski definition) is 2. The third kappa shape index (κ3) is 4.27. The summed E-state index contributed by atoms with van der Waals surface area (Å²) in [5.74, 6) is 1.24. The first-order chi connectivity index (χ1) is 16.3. The Morgan fingerprint density at radius 2 is 1.88 bits per heavy atom.